The first-order valence-corrected chi connectivity index (χ1v) is 7.60. The molecule has 3 N–H and O–H groups in total. The van der Waals surface area contributed by atoms with Gasteiger partial charge in [-0.15, -0.1) is 0 Å². The number of benzene rings is 2. The van der Waals surface area contributed by atoms with Gasteiger partial charge >= 0.3 is 0 Å². The second kappa shape index (κ2) is 6.72. The van der Waals surface area contributed by atoms with Crippen LogP contribution in [0.4, 0.5) is 0 Å². The maximum atomic E-state index is 10.7. The molecule has 20 heavy (non-hydrogen) atoms. The van der Waals surface area contributed by atoms with Gasteiger partial charge in [-0.2, -0.15) is 0 Å². The molecule has 0 saturated heterocycles. The molecule has 0 heterocycles. The Morgan fingerprint density at radius 1 is 1.20 bits per heavy atom. The summed E-state index contributed by atoms with van der Waals surface area (Å²) in [5.74, 6) is -0.162. The lowest BCUT2D eigenvalue weighted by Gasteiger charge is -2.24. The molecule has 0 aromatic heterocycles. The molecule has 0 aliphatic heterocycles. The highest BCUT2D eigenvalue weighted by atomic mass is 79.9. The second-order valence-corrected chi connectivity index (χ2v) is 6.10. The summed E-state index contributed by atoms with van der Waals surface area (Å²) in [4.78, 5) is 0. The number of hydrogen-bond donors (Lipinski definition) is 2. The Bertz CT molecular complexity index is 603. The lowest BCUT2D eigenvalue weighted by Crippen LogP contribution is -2.21. The van der Waals surface area contributed by atoms with Gasteiger partial charge in [0, 0.05) is 22.0 Å². The van der Waals surface area contributed by atoms with Crippen LogP contribution in [-0.4, -0.2) is 11.7 Å². The van der Waals surface area contributed by atoms with Crippen LogP contribution >= 0.6 is 27.5 Å². The first-order valence-electron chi connectivity index (χ1n) is 6.43. The summed E-state index contributed by atoms with van der Waals surface area (Å²) in [6, 6.07) is 13.3. The topological polar surface area (TPSA) is 46.2 Å². The maximum absolute atomic E-state index is 10.7. The Morgan fingerprint density at radius 2 is 1.90 bits per heavy atom. The van der Waals surface area contributed by atoms with Crippen molar-refractivity contribution in [3.8, 4) is 0 Å². The van der Waals surface area contributed by atoms with E-state index < -0.39 is 6.10 Å². The van der Waals surface area contributed by atoms with Crippen molar-refractivity contribution in [1.82, 2.24) is 0 Å². The van der Waals surface area contributed by atoms with Gasteiger partial charge in [-0.05, 0) is 41.8 Å². The minimum atomic E-state index is -0.657. The van der Waals surface area contributed by atoms with Crippen molar-refractivity contribution in [1.29, 1.82) is 0 Å². The Balaban J connectivity index is 2.39. The third kappa shape index (κ3) is 3.23. The van der Waals surface area contributed by atoms with Gasteiger partial charge in [0.1, 0.15) is 0 Å². The summed E-state index contributed by atoms with van der Waals surface area (Å²) in [5.41, 5.74) is 8.73. The average molecular weight is 355 g/mol. The van der Waals surface area contributed by atoms with Gasteiger partial charge < -0.3 is 10.8 Å². The van der Waals surface area contributed by atoms with E-state index in [0.717, 1.165) is 21.2 Å². The maximum Gasteiger partial charge on any atom is 0.0873 e. The van der Waals surface area contributed by atoms with Crippen LogP contribution in [0.15, 0.2) is 46.9 Å². The quantitative estimate of drug-likeness (QED) is 0.865. The predicted octanol–water partition coefficient (Wildman–Crippen LogP) is 4.19. The molecular formula is C16H17BrClNO. The van der Waals surface area contributed by atoms with E-state index in [0.29, 0.717) is 11.6 Å². The highest BCUT2D eigenvalue weighted by Crippen LogP contribution is 2.35. The van der Waals surface area contributed by atoms with Crippen LogP contribution in [0, 0.1) is 6.92 Å². The molecule has 0 saturated carbocycles. The van der Waals surface area contributed by atoms with Gasteiger partial charge in [-0.1, -0.05) is 51.8 Å². The number of halogens is 2. The van der Waals surface area contributed by atoms with Gasteiger partial charge in [-0.25, -0.2) is 0 Å². The molecule has 2 aromatic carbocycles. The SMILES string of the molecule is Cc1cc(Cl)ccc1C(O)C(CN)c1ccccc1Br. The fraction of sp³-hybridized carbons (Fsp3) is 0.250. The van der Waals surface area contributed by atoms with E-state index in [2.05, 4.69) is 15.9 Å². The van der Waals surface area contributed by atoms with Crippen LogP contribution in [-0.2, 0) is 0 Å². The van der Waals surface area contributed by atoms with Crippen LogP contribution in [0.1, 0.15) is 28.7 Å². The number of hydrogen-bond acceptors (Lipinski definition) is 2. The summed E-state index contributed by atoms with van der Waals surface area (Å²) in [5, 5.41) is 11.4. The summed E-state index contributed by atoms with van der Waals surface area (Å²) in [7, 11) is 0. The third-order valence-electron chi connectivity index (χ3n) is 3.49. The van der Waals surface area contributed by atoms with Gasteiger partial charge in [0.25, 0.3) is 0 Å². The first kappa shape index (κ1) is 15.5. The smallest absolute Gasteiger partial charge is 0.0873 e. The predicted molar refractivity (Wildman–Crippen MR) is 87.1 cm³/mol. The molecule has 106 valence electrons. The van der Waals surface area contributed by atoms with Gasteiger partial charge in [0.15, 0.2) is 0 Å². The van der Waals surface area contributed by atoms with E-state index in [1.165, 1.54) is 0 Å². The summed E-state index contributed by atoms with van der Waals surface area (Å²) in [6.45, 7) is 2.31. The molecular weight excluding hydrogens is 338 g/mol. The van der Waals surface area contributed by atoms with Crippen molar-refractivity contribution in [2.75, 3.05) is 6.54 Å². The molecule has 2 nitrogen and oxygen atoms in total. The standard InChI is InChI=1S/C16H17BrClNO/c1-10-8-11(18)6-7-12(10)16(20)14(9-19)13-4-2-3-5-15(13)17/h2-8,14,16,20H,9,19H2,1H3. The fourth-order valence-corrected chi connectivity index (χ4v) is 3.19. The molecule has 0 bridgehead atoms. The first-order chi connectivity index (χ1) is 9.54. The van der Waals surface area contributed by atoms with Crippen molar-refractivity contribution in [2.45, 2.75) is 18.9 Å². The number of aliphatic hydroxyl groups excluding tert-OH is 1. The van der Waals surface area contributed by atoms with Crippen LogP contribution in [0.3, 0.4) is 0 Å². The van der Waals surface area contributed by atoms with E-state index >= 15 is 0 Å². The van der Waals surface area contributed by atoms with Gasteiger partial charge in [0.05, 0.1) is 6.10 Å². The molecule has 2 aromatic rings. The summed E-state index contributed by atoms with van der Waals surface area (Å²) < 4.78 is 0.959. The lowest BCUT2D eigenvalue weighted by atomic mass is 9.87. The number of nitrogens with two attached hydrogens (primary N) is 1. The third-order valence-corrected chi connectivity index (χ3v) is 4.45. The summed E-state index contributed by atoms with van der Waals surface area (Å²) >= 11 is 9.48. The van der Waals surface area contributed by atoms with Crippen LogP contribution in [0.2, 0.25) is 5.02 Å². The van der Waals surface area contributed by atoms with Gasteiger partial charge in [-0.3, -0.25) is 0 Å². The average Bonchev–Trinajstić information content (AvgIpc) is 2.41. The van der Waals surface area contributed by atoms with E-state index in [1.807, 2.05) is 43.3 Å². The zero-order valence-corrected chi connectivity index (χ0v) is 13.5. The Hall–Kier alpha value is -0.870. The molecule has 0 aliphatic carbocycles. The molecule has 0 amide bonds. The molecule has 2 rings (SSSR count). The molecule has 2 atom stereocenters. The van der Waals surface area contributed by atoms with E-state index in [-0.39, 0.29) is 5.92 Å². The minimum Gasteiger partial charge on any atom is -0.388 e. The Labute approximate surface area is 132 Å². The molecule has 0 spiro atoms. The zero-order chi connectivity index (χ0) is 14.7. The van der Waals surface area contributed by atoms with Crippen molar-refractivity contribution >= 4 is 27.5 Å². The molecule has 4 heteroatoms. The van der Waals surface area contributed by atoms with E-state index in [4.69, 9.17) is 17.3 Å². The Kier molecular flexibility index (Phi) is 5.22. The highest BCUT2D eigenvalue weighted by molar-refractivity contribution is 9.10. The van der Waals surface area contributed by atoms with Crippen LogP contribution < -0.4 is 5.73 Å². The summed E-state index contributed by atoms with van der Waals surface area (Å²) in [6.07, 6.45) is -0.657. The van der Waals surface area contributed by atoms with E-state index in [1.54, 1.807) is 6.07 Å². The second-order valence-electron chi connectivity index (χ2n) is 4.81. The molecule has 0 radical (unpaired) electrons. The normalized spacial score (nSPS) is 14.1. The number of rotatable bonds is 4. The monoisotopic (exact) mass is 353 g/mol. The molecule has 2 unspecified atom stereocenters. The number of aliphatic hydroxyl groups is 1. The van der Waals surface area contributed by atoms with Crippen LogP contribution in [0.5, 0.6) is 0 Å². The van der Waals surface area contributed by atoms with Crippen molar-refractivity contribution < 1.29 is 5.11 Å². The van der Waals surface area contributed by atoms with Crippen molar-refractivity contribution in [2.24, 2.45) is 5.73 Å². The Morgan fingerprint density at radius 3 is 2.50 bits per heavy atom. The fourth-order valence-electron chi connectivity index (χ4n) is 2.39. The highest BCUT2D eigenvalue weighted by Gasteiger charge is 2.24. The van der Waals surface area contributed by atoms with Crippen molar-refractivity contribution in [3.05, 3.63) is 68.7 Å². The van der Waals surface area contributed by atoms with Gasteiger partial charge in [0.2, 0.25) is 0 Å². The lowest BCUT2D eigenvalue weighted by molar-refractivity contribution is 0.146. The largest absolute Gasteiger partial charge is 0.388 e. The number of aryl methyl sites for hydroxylation is 1. The van der Waals surface area contributed by atoms with Crippen molar-refractivity contribution in [3.63, 3.8) is 0 Å². The minimum absolute atomic E-state index is 0.162. The van der Waals surface area contributed by atoms with Crippen LogP contribution in [0.25, 0.3) is 0 Å². The molecule has 0 aliphatic rings. The molecule has 0 fully saturated rings. The zero-order valence-electron chi connectivity index (χ0n) is 11.2. The van der Waals surface area contributed by atoms with E-state index in [9.17, 15) is 5.11 Å².